The normalized spacial score (nSPS) is 10.5. The molecule has 2 aromatic rings. The molecule has 2 N–H and O–H groups in total. The largest absolute Gasteiger partial charge is 0.493 e. The first-order valence-corrected chi connectivity index (χ1v) is 9.65. The maximum Gasteiger partial charge on any atom is 0.166 e. The molecule has 6 nitrogen and oxygen atoms in total. The number of ether oxygens (including phenoxy) is 2. The van der Waals surface area contributed by atoms with Crippen LogP contribution in [0.2, 0.25) is 0 Å². The van der Waals surface area contributed by atoms with Crippen molar-refractivity contribution in [3.63, 3.8) is 0 Å². The van der Waals surface area contributed by atoms with Gasteiger partial charge in [0.25, 0.3) is 0 Å². The standard InChI is InChI=1S/C18H25BrN4O2S/c1-13-15(19)12-23(22-13)10-4-8-20-18(26)21-9-7-14-5-6-16(24-2)17(11-14)25-3/h5-6,11-12H,4,7-10H2,1-3H3,(H2,20,21,26). The Hall–Kier alpha value is -1.80. The molecule has 26 heavy (non-hydrogen) atoms. The Balaban J connectivity index is 1.64. The Morgan fingerprint density at radius 2 is 1.92 bits per heavy atom. The van der Waals surface area contributed by atoms with Gasteiger partial charge in [-0.3, -0.25) is 4.68 Å². The summed E-state index contributed by atoms with van der Waals surface area (Å²) in [6.45, 7) is 4.40. The minimum absolute atomic E-state index is 0.670. The monoisotopic (exact) mass is 440 g/mol. The van der Waals surface area contributed by atoms with Crippen LogP contribution in [0.3, 0.4) is 0 Å². The lowest BCUT2D eigenvalue weighted by molar-refractivity contribution is 0.354. The van der Waals surface area contributed by atoms with E-state index in [-0.39, 0.29) is 0 Å². The van der Waals surface area contributed by atoms with Crippen LogP contribution in [0.1, 0.15) is 17.7 Å². The van der Waals surface area contributed by atoms with Crippen molar-refractivity contribution in [2.24, 2.45) is 0 Å². The molecular weight excluding hydrogens is 416 g/mol. The maximum absolute atomic E-state index is 5.32. The van der Waals surface area contributed by atoms with E-state index in [1.165, 1.54) is 0 Å². The van der Waals surface area contributed by atoms with Gasteiger partial charge < -0.3 is 20.1 Å². The van der Waals surface area contributed by atoms with Gasteiger partial charge in [0, 0.05) is 25.8 Å². The molecule has 0 saturated heterocycles. The first-order chi connectivity index (χ1) is 12.5. The van der Waals surface area contributed by atoms with E-state index in [0.717, 1.165) is 59.7 Å². The van der Waals surface area contributed by atoms with Crippen molar-refractivity contribution in [1.29, 1.82) is 0 Å². The second kappa shape index (κ2) is 10.4. The van der Waals surface area contributed by atoms with Crippen molar-refractivity contribution in [2.75, 3.05) is 27.3 Å². The van der Waals surface area contributed by atoms with Crippen molar-refractivity contribution in [2.45, 2.75) is 26.3 Å². The van der Waals surface area contributed by atoms with Crippen molar-refractivity contribution >= 4 is 33.3 Å². The molecule has 142 valence electrons. The SMILES string of the molecule is COc1ccc(CCNC(=S)NCCCn2cc(Br)c(C)n2)cc1OC. The second-order valence-corrected chi connectivity index (χ2v) is 7.06. The van der Waals surface area contributed by atoms with Crippen LogP contribution in [0.5, 0.6) is 11.5 Å². The number of thiocarbonyl (C=S) groups is 1. The van der Waals surface area contributed by atoms with Crippen LogP contribution in [0, 0.1) is 6.92 Å². The molecule has 0 spiro atoms. The number of nitrogens with one attached hydrogen (secondary N) is 2. The fourth-order valence-corrected chi connectivity index (χ4v) is 2.99. The van der Waals surface area contributed by atoms with Crippen molar-refractivity contribution in [1.82, 2.24) is 20.4 Å². The van der Waals surface area contributed by atoms with Gasteiger partial charge in [-0.15, -0.1) is 0 Å². The number of rotatable bonds is 9. The number of hydrogen-bond donors (Lipinski definition) is 2. The summed E-state index contributed by atoms with van der Waals surface area (Å²) in [5, 5.41) is 11.5. The highest BCUT2D eigenvalue weighted by Crippen LogP contribution is 2.27. The van der Waals surface area contributed by atoms with E-state index in [0.29, 0.717) is 5.11 Å². The van der Waals surface area contributed by atoms with Crippen LogP contribution in [-0.2, 0) is 13.0 Å². The molecule has 0 aliphatic carbocycles. The number of halogens is 1. The molecule has 2 rings (SSSR count). The highest BCUT2D eigenvalue weighted by atomic mass is 79.9. The molecule has 0 saturated carbocycles. The zero-order chi connectivity index (χ0) is 18.9. The van der Waals surface area contributed by atoms with Gasteiger partial charge in [0.2, 0.25) is 0 Å². The molecule has 1 aromatic heterocycles. The fraction of sp³-hybridized carbons (Fsp3) is 0.444. The molecule has 0 aliphatic rings. The van der Waals surface area contributed by atoms with E-state index >= 15 is 0 Å². The fourth-order valence-electron chi connectivity index (χ4n) is 2.47. The van der Waals surface area contributed by atoms with Gasteiger partial charge in [-0.1, -0.05) is 6.07 Å². The summed E-state index contributed by atoms with van der Waals surface area (Å²) < 4.78 is 13.5. The minimum Gasteiger partial charge on any atom is -0.493 e. The van der Waals surface area contributed by atoms with Crippen molar-refractivity contribution in [3.8, 4) is 11.5 Å². The number of aromatic nitrogens is 2. The third-order valence-electron chi connectivity index (χ3n) is 3.88. The molecule has 0 unspecified atom stereocenters. The number of aryl methyl sites for hydroxylation is 2. The minimum atomic E-state index is 0.670. The predicted octanol–water partition coefficient (Wildman–Crippen LogP) is 3.07. The van der Waals surface area contributed by atoms with Gasteiger partial charge in [0.1, 0.15) is 0 Å². The number of benzene rings is 1. The van der Waals surface area contributed by atoms with E-state index in [2.05, 4.69) is 31.7 Å². The zero-order valence-corrected chi connectivity index (χ0v) is 17.7. The van der Waals surface area contributed by atoms with Crippen LogP contribution in [-0.4, -0.2) is 42.2 Å². The summed E-state index contributed by atoms with van der Waals surface area (Å²) in [5.41, 5.74) is 2.17. The Morgan fingerprint density at radius 3 is 2.58 bits per heavy atom. The highest BCUT2D eigenvalue weighted by molar-refractivity contribution is 9.10. The van der Waals surface area contributed by atoms with Gasteiger partial charge in [0.15, 0.2) is 16.6 Å². The molecule has 0 atom stereocenters. The molecule has 8 heteroatoms. The zero-order valence-electron chi connectivity index (χ0n) is 15.3. The first kappa shape index (κ1) is 20.5. The van der Waals surface area contributed by atoms with Crippen LogP contribution in [0.15, 0.2) is 28.9 Å². The van der Waals surface area contributed by atoms with Gasteiger partial charge in [-0.05, 0) is 65.6 Å². The van der Waals surface area contributed by atoms with Crippen molar-refractivity contribution in [3.05, 3.63) is 40.1 Å². The quantitative estimate of drug-likeness (QED) is 0.461. The summed E-state index contributed by atoms with van der Waals surface area (Å²) in [7, 11) is 3.28. The number of methoxy groups -OCH3 is 2. The lowest BCUT2D eigenvalue weighted by Gasteiger charge is -2.12. The maximum atomic E-state index is 5.32. The van der Waals surface area contributed by atoms with Crippen LogP contribution in [0.25, 0.3) is 0 Å². The van der Waals surface area contributed by atoms with Gasteiger partial charge in [-0.25, -0.2) is 0 Å². The van der Waals surface area contributed by atoms with Crippen molar-refractivity contribution < 1.29 is 9.47 Å². The van der Waals surface area contributed by atoms with E-state index in [1.54, 1.807) is 14.2 Å². The molecule has 0 fully saturated rings. The van der Waals surface area contributed by atoms with E-state index in [9.17, 15) is 0 Å². The smallest absolute Gasteiger partial charge is 0.166 e. The summed E-state index contributed by atoms with van der Waals surface area (Å²) in [6, 6.07) is 5.94. The lowest BCUT2D eigenvalue weighted by Crippen LogP contribution is -2.37. The van der Waals surface area contributed by atoms with Gasteiger partial charge >= 0.3 is 0 Å². The Bertz CT molecular complexity index is 716. The molecule has 0 bridgehead atoms. The average Bonchev–Trinajstić information content (AvgIpc) is 2.96. The van der Waals surface area contributed by atoms with E-state index in [4.69, 9.17) is 21.7 Å². The molecule has 0 amide bonds. The molecule has 1 aromatic carbocycles. The summed E-state index contributed by atoms with van der Waals surface area (Å²) in [6.07, 6.45) is 3.79. The summed E-state index contributed by atoms with van der Waals surface area (Å²) >= 11 is 8.78. The Kier molecular flexibility index (Phi) is 8.18. The second-order valence-electron chi connectivity index (χ2n) is 5.80. The summed E-state index contributed by atoms with van der Waals surface area (Å²) in [4.78, 5) is 0. The highest BCUT2D eigenvalue weighted by Gasteiger charge is 2.05. The van der Waals surface area contributed by atoms with Crippen LogP contribution < -0.4 is 20.1 Å². The summed E-state index contributed by atoms with van der Waals surface area (Å²) in [5.74, 6) is 1.48. The Labute approximate surface area is 168 Å². The molecule has 0 radical (unpaired) electrons. The van der Waals surface area contributed by atoms with Crippen LogP contribution in [0.4, 0.5) is 0 Å². The molecule has 1 heterocycles. The Morgan fingerprint density at radius 1 is 1.19 bits per heavy atom. The molecular formula is C18H25BrN4O2S. The van der Waals surface area contributed by atoms with Gasteiger partial charge in [-0.2, -0.15) is 5.10 Å². The third-order valence-corrected chi connectivity index (χ3v) is 4.95. The average molecular weight is 441 g/mol. The lowest BCUT2D eigenvalue weighted by atomic mass is 10.1. The van der Waals surface area contributed by atoms with E-state index in [1.807, 2.05) is 36.0 Å². The van der Waals surface area contributed by atoms with E-state index < -0.39 is 0 Å². The topological polar surface area (TPSA) is 60.3 Å². The molecule has 0 aliphatic heterocycles. The predicted molar refractivity (Wildman–Crippen MR) is 111 cm³/mol. The third kappa shape index (κ3) is 6.17. The number of nitrogens with zero attached hydrogens (tertiary/aromatic N) is 2. The first-order valence-electron chi connectivity index (χ1n) is 8.45. The number of hydrogen-bond acceptors (Lipinski definition) is 4. The van der Waals surface area contributed by atoms with Crippen LogP contribution >= 0.6 is 28.1 Å². The van der Waals surface area contributed by atoms with Gasteiger partial charge in [0.05, 0.1) is 24.4 Å².